The van der Waals surface area contributed by atoms with Gasteiger partial charge in [-0.2, -0.15) is 13.7 Å². The van der Waals surface area contributed by atoms with Gasteiger partial charge in [-0.25, -0.2) is 0 Å². The highest BCUT2D eigenvalue weighted by atomic mass is 35.5. The van der Waals surface area contributed by atoms with Crippen LogP contribution in [-0.2, 0) is 10.1 Å². The van der Waals surface area contributed by atoms with Crippen molar-refractivity contribution in [3.05, 3.63) is 70.1 Å². The summed E-state index contributed by atoms with van der Waals surface area (Å²) >= 11 is 5.74. The van der Waals surface area contributed by atoms with E-state index in [4.69, 9.17) is 21.0 Å². The standard InChI is InChI=1S/C15H10ClNO3S/c16-14-7-5-12(6-8-14)9-10-21(18,19)20-15-4-2-1-3-13(15)11-17/h1-10H/b10-9+. The Labute approximate surface area is 128 Å². The van der Waals surface area contributed by atoms with Gasteiger partial charge in [0.1, 0.15) is 6.07 Å². The Morgan fingerprint density at radius 2 is 1.76 bits per heavy atom. The molecular weight excluding hydrogens is 310 g/mol. The van der Waals surface area contributed by atoms with E-state index in [9.17, 15) is 8.42 Å². The van der Waals surface area contributed by atoms with Gasteiger partial charge in [-0.05, 0) is 35.9 Å². The SMILES string of the molecule is N#Cc1ccccc1OS(=O)(=O)/C=C/c1ccc(Cl)cc1. The Bertz CT molecular complexity index is 806. The van der Waals surface area contributed by atoms with Gasteiger partial charge in [-0.15, -0.1) is 0 Å². The third-order valence-electron chi connectivity index (χ3n) is 2.51. The van der Waals surface area contributed by atoms with Crippen LogP contribution in [0.5, 0.6) is 5.75 Å². The van der Waals surface area contributed by atoms with E-state index in [2.05, 4.69) is 0 Å². The molecule has 2 rings (SSSR count). The molecule has 21 heavy (non-hydrogen) atoms. The summed E-state index contributed by atoms with van der Waals surface area (Å²) in [6.07, 6.45) is 1.39. The Morgan fingerprint density at radius 3 is 2.43 bits per heavy atom. The van der Waals surface area contributed by atoms with Crippen molar-refractivity contribution in [2.75, 3.05) is 0 Å². The molecule has 0 spiro atoms. The largest absolute Gasteiger partial charge is 0.378 e. The molecule has 106 valence electrons. The first-order chi connectivity index (χ1) is 10.00. The van der Waals surface area contributed by atoms with Gasteiger partial charge in [0.2, 0.25) is 0 Å². The average molecular weight is 320 g/mol. The monoisotopic (exact) mass is 319 g/mol. The zero-order chi connectivity index (χ0) is 15.3. The summed E-state index contributed by atoms with van der Waals surface area (Å²) < 4.78 is 28.6. The molecule has 0 aromatic heterocycles. The maximum absolute atomic E-state index is 11.9. The predicted molar refractivity (Wildman–Crippen MR) is 81.2 cm³/mol. The molecule has 0 fully saturated rings. The summed E-state index contributed by atoms with van der Waals surface area (Å²) in [6.45, 7) is 0. The Kier molecular flexibility index (Phi) is 4.63. The van der Waals surface area contributed by atoms with Crippen molar-refractivity contribution >= 4 is 27.8 Å². The lowest BCUT2D eigenvalue weighted by Crippen LogP contribution is -2.06. The summed E-state index contributed by atoms with van der Waals surface area (Å²) in [6, 6.07) is 14.7. The summed E-state index contributed by atoms with van der Waals surface area (Å²) in [4.78, 5) is 0. The first-order valence-electron chi connectivity index (χ1n) is 5.87. The van der Waals surface area contributed by atoms with E-state index in [-0.39, 0.29) is 11.3 Å². The number of hydrogen-bond acceptors (Lipinski definition) is 4. The van der Waals surface area contributed by atoms with Crippen LogP contribution >= 0.6 is 11.6 Å². The van der Waals surface area contributed by atoms with Crippen LogP contribution in [0.3, 0.4) is 0 Å². The van der Waals surface area contributed by atoms with Crippen LogP contribution in [0.15, 0.2) is 53.9 Å². The summed E-state index contributed by atoms with van der Waals surface area (Å²) in [5.74, 6) is 0.000700. The Balaban J connectivity index is 2.19. The van der Waals surface area contributed by atoms with Gasteiger partial charge in [0.25, 0.3) is 0 Å². The van der Waals surface area contributed by atoms with Crippen molar-refractivity contribution in [2.24, 2.45) is 0 Å². The lowest BCUT2D eigenvalue weighted by Gasteiger charge is -2.04. The lowest BCUT2D eigenvalue weighted by atomic mass is 10.2. The number of nitrogens with zero attached hydrogens (tertiary/aromatic N) is 1. The molecule has 0 saturated carbocycles. The van der Waals surface area contributed by atoms with Crippen LogP contribution in [0.4, 0.5) is 0 Å². The lowest BCUT2D eigenvalue weighted by molar-refractivity contribution is 0.496. The molecule has 0 unspecified atom stereocenters. The zero-order valence-corrected chi connectivity index (χ0v) is 12.3. The van der Waals surface area contributed by atoms with Gasteiger partial charge in [-0.1, -0.05) is 35.9 Å². The number of nitriles is 1. The number of hydrogen-bond donors (Lipinski definition) is 0. The molecular formula is C15H10ClNO3S. The van der Waals surface area contributed by atoms with E-state index in [1.807, 2.05) is 6.07 Å². The molecule has 6 heteroatoms. The zero-order valence-electron chi connectivity index (χ0n) is 10.7. The predicted octanol–water partition coefficient (Wildman–Crippen LogP) is 3.59. The van der Waals surface area contributed by atoms with Crippen LogP contribution in [0.1, 0.15) is 11.1 Å². The van der Waals surface area contributed by atoms with Gasteiger partial charge in [0.15, 0.2) is 5.75 Å². The second-order valence-corrected chi connectivity index (χ2v) is 5.90. The highest BCUT2D eigenvalue weighted by Gasteiger charge is 2.11. The molecule has 0 aliphatic carbocycles. The quantitative estimate of drug-likeness (QED) is 0.808. The average Bonchev–Trinajstić information content (AvgIpc) is 2.47. The maximum atomic E-state index is 11.9. The smallest absolute Gasteiger partial charge is 0.332 e. The number of benzene rings is 2. The molecule has 0 bridgehead atoms. The van der Waals surface area contributed by atoms with Crippen molar-refractivity contribution in [3.63, 3.8) is 0 Å². The fourth-order valence-electron chi connectivity index (χ4n) is 1.52. The molecule has 0 aliphatic rings. The van der Waals surface area contributed by atoms with Gasteiger partial charge in [0.05, 0.1) is 11.0 Å². The molecule has 4 nitrogen and oxygen atoms in total. The molecule has 0 atom stereocenters. The molecule has 0 aliphatic heterocycles. The third-order valence-corrected chi connectivity index (χ3v) is 3.64. The van der Waals surface area contributed by atoms with Crippen molar-refractivity contribution in [3.8, 4) is 11.8 Å². The van der Waals surface area contributed by atoms with E-state index in [1.54, 1.807) is 36.4 Å². The Morgan fingerprint density at radius 1 is 1.10 bits per heavy atom. The summed E-state index contributed by atoms with van der Waals surface area (Å²) in [5.41, 5.74) is 0.820. The number of halogens is 1. The molecule has 0 saturated heterocycles. The van der Waals surface area contributed by atoms with E-state index >= 15 is 0 Å². The van der Waals surface area contributed by atoms with E-state index in [0.717, 1.165) is 5.41 Å². The first-order valence-corrected chi connectivity index (χ1v) is 7.72. The van der Waals surface area contributed by atoms with Gasteiger partial charge >= 0.3 is 10.1 Å². The van der Waals surface area contributed by atoms with Crippen molar-refractivity contribution in [1.82, 2.24) is 0 Å². The minimum absolute atomic E-state index is 0.000700. The minimum atomic E-state index is -3.94. The molecule has 2 aromatic rings. The van der Waals surface area contributed by atoms with Gasteiger partial charge in [0, 0.05) is 5.02 Å². The van der Waals surface area contributed by atoms with Crippen molar-refractivity contribution < 1.29 is 12.6 Å². The van der Waals surface area contributed by atoms with E-state index in [1.165, 1.54) is 18.2 Å². The maximum Gasteiger partial charge on any atom is 0.332 e. The first kappa shape index (κ1) is 15.1. The van der Waals surface area contributed by atoms with Crippen LogP contribution < -0.4 is 4.18 Å². The van der Waals surface area contributed by atoms with Crippen molar-refractivity contribution in [1.29, 1.82) is 5.26 Å². The fourth-order valence-corrected chi connectivity index (χ4v) is 2.42. The molecule has 0 heterocycles. The Hall–Kier alpha value is -2.29. The van der Waals surface area contributed by atoms with Crippen LogP contribution in [0.25, 0.3) is 6.08 Å². The normalized spacial score (nSPS) is 11.2. The molecule has 0 N–H and O–H groups in total. The third kappa shape index (κ3) is 4.35. The molecule has 0 radical (unpaired) electrons. The molecule has 0 amide bonds. The second-order valence-electron chi connectivity index (χ2n) is 4.04. The van der Waals surface area contributed by atoms with Crippen LogP contribution in [0, 0.1) is 11.3 Å². The number of rotatable bonds is 4. The topological polar surface area (TPSA) is 67.2 Å². The highest BCUT2D eigenvalue weighted by Crippen LogP contribution is 2.19. The fraction of sp³-hybridized carbons (Fsp3) is 0. The summed E-state index contributed by atoms with van der Waals surface area (Å²) in [7, 11) is -3.94. The second kappa shape index (κ2) is 6.44. The van der Waals surface area contributed by atoms with E-state index < -0.39 is 10.1 Å². The minimum Gasteiger partial charge on any atom is -0.378 e. The highest BCUT2D eigenvalue weighted by molar-refractivity contribution is 7.90. The van der Waals surface area contributed by atoms with Crippen LogP contribution in [-0.4, -0.2) is 8.42 Å². The van der Waals surface area contributed by atoms with Crippen molar-refractivity contribution in [2.45, 2.75) is 0 Å². The number of para-hydroxylation sites is 1. The van der Waals surface area contributed by atoms with Gasteiger partial charge < -0.3 is 4.18 Å². The molecule has 2 aromatic carbocycles. The van der Waals surface area contributed by atoms with Gasteiger partial charge in [-0.3, -0.25) is 0 Å². The van der Waals surface area contributed by atoms with Crippen LogP contribution in [0.2, 0.25) is 5.02 Å². The van der Waals surface area contributed by atoms with E-state index in [0.29, 0.717) is 10.6 Å². The summed E-state index contributed by atoms with van der Waals surface area (Å²) in [5, 5.41) is 10.4.